The number of amides is 1. The molecule has 1 atom stereocenters. The van der Waals surface area contributed by atoms with E-state index in [-0.39, 0.29) is 16.5 Å². The van der Waals surface area contributed by atoms with E-state index in [2.05, 4.69) is 22.6 Å². The molecule has 0 aromatic heterocycles. The molecule has 1 saturated heterocycles. The van der Waals surface area contributed by atoms with Crippen LogP contribution in [0.1, 0.15) is 19.3 Å². The van der Waals surface area contributed by atoms with E-state index >= 15 is 0 Å². The largest absolute Gasteiger partial charge is 0.480 e. The minimum atomic E-state index is -0.938. The summed E-state index contributed by atoms with van der Waals surface area (Å²) in [6.45, 7) is -0.160. The van der Waals surface area contributed by atoms with Gasteiger partial charge in [0.05, 0.1) is 4.05 Å². The molecule has 0 bridgehead atoms. The van der Waals surface area contributed by atoms with Crippen molar-refractivity contribution in [3.8, 4) is 0 Å². The highest BCUT2D eigenvalue weighted by Gasteiger charge is 2.27. The first-order valence-electron chi connectivity index (χ1n) is 3.76. The molecule has 1 rings (SSSR count). The van der Waals surface area contributed by atoms with Crippen molar-refractivity contribution < 1.29 is 14.7 Å². The molecular formula is C7H10INO3. The van der Waals surface area contributed by atoms with Crippen LogP contribution in [0.5, 0.6) is 0 Å². The maximum absolute atomic E-state index is 11.2. The Kier molecular flexibility index (Phi) is 3.30. The summed E-state index contributed by atoms with van der Waals surface area (Å²) in [5.74, 6) is -0.977. The van der Waals surface area contributed by atoms with E-state index in [4.69, 9.17) is 5.11 Å². The molecule has 1 aliphatic rings. The minimum absolute atomic E-state index is 0.0388. The van der Waals surface area contributed by atoms with Crippen LogP contribution >= 0.6 is 22.6 Å². The lowest BCUT2D eigenvalue weighted by Crippen LogP contribution is -2.43. The second-order valence-corrected chi connectivity index (χ2v) is 4.18. The van der Waals surface area contributed by atoms with E-state index in [0.29, 0.717) is 6.42 Å². The molecule has 0 spiro atoms. The fraction of sp³-hybridized carbons (Fsp3) is 0.714. The lowest BCUT2D eigenvalue weighted by atomic mass is 10.1. The smallest absolute Gasteiger partial charge is 0.323 e. The number of aliphatic carboxylic acids is 1. The molecular weight excluding hydrogens is 273 g/mol. The molecule has 0 radical (unpaired) electrons. The summed E-state index contributed by atoms with van der Waals surface area (Å²) in [5, 5.41) is 8.50. The van der Waals surface area contributed by atoms with Crippen molar-refractivity contribution in [2.45, 2.75) is 23.3 Å². The van der Waals surface area contributed by atoms with Gasteiger partial charge in [-0.1, -0.05) is 22.6 Å². The van der Waals surface area contributed by atoms with Gasteiger partial charge in [0.1, 0.15) is 6.54 Å². The second-order valence-electron chi connectivity index (χ2n) is 2.74. The Morgan fingerprint density at radius 2 is 2.42 bits per heavy atom. The Morgan fingerprint density at radius 3 is 2.92 bits per heavy atom. The predicted molar refractivity (Wildman–Crippen MR) is 51.0 cm³/mol. The molecule has 0 saturated carbocycles. The Balaban J connectivity index is 2.57. The zero-order valence-corrected chi connectivity index (χ0v) is 8.65. The average Bonchev–Trinajstić information content (AvgIpc) is 1.97. The van der Waals surface area contributed by atoms with E-state index in [0.717, 1.165) is 12.8 Å². The van der Waals surface area contributed by atoms with Crippen molar-refractivity contribution in [2.24, 2.45) is 0 Å². The van der Waals surface area contributed by atoms with Crippen LogP contribution in [-0.4, -0.2) is 32.5 Å². The standard InChI is InChI=1S/C7H10INO3/c8-5-2-1-3-6(10)9(5)4-7(11)12/h5H,1-4H2,(H,11,12). The predicted octanol–water partition coefficient (Wildman–Crippen LogP) is 0.845. The van der Waals surface area contributed by atoms with Gasteiger partial charge in [0.2, 0.25) is 5.91 Å². The summed E-state index contributed by atoms with van der Waals surface area (Å²) in [6.07, 6.45) is 2.27. The Hall–Kier alpha value is -0.330. The third-order valence-electron chi connectivity index (χ3n) is 1.80. The van der Waals surface area contributed by atoms with Crippen LogP contribution in [-0.2, 0) is 9.59 Å². The van der Waals surface area contributed by atoms with E-state index in [1.54, 1.807) is 0 Å². The van der Waals surface area contributed by atoms with Gasteiger partial charge in [-0.25, -0.2) is 0 Å². The van der Waals surface area contributed by atoms with Gasteiger partial charge in [-0.3, -0.25) is 9.59 Å². The van der Waals surface area contributed by atoms with Gasteiger partial charge in [0, 0.05) is 6.42 Å². The summed E-state index contributed by atoms with van der Waals surface area (Å²) in [6, 6.07) is 0. The average molecular weight is 283 g/mol. The van der Waals surface area contributed by atoms with Crippen molar-refractivity contribution in [3.63, 3.8) is 0 Å². The quantitative estimate of drug-likeness (QED) is 0.464. The Bertz CT molecular complexity index is 207. The SMILES string of the molecule is O=C(O)CN1C(=O)CCCC1I. The van der Waals surface area contributed by atoms with Crippen LogP contribution in [0.4, 0.5) is 0 Å². The highest BCUT2D eigenvalue weighted by molar-refractivity contribution is 14.1. The topological polar surface area (TPSA) is 57.6 Å². The number of nitrogens with zero attached hydrogens (tertiary/aromatic N) is 1. The number of alkyl halides is 1. The van der Waals surface area contributed by atoms with Crippen molar-refractivity contribution in [2.75, 3.05) is 6.54 Å². The zero-order chi connectivity index (χ0) is 9.14. The summed E-state index contributed by atoms with van der Waals surface area (Å²) < 4.78 is 0.0555. The molecule has 1 unspecified atom stereocenters. The van der Waals surface area contributed by atoms with Gasteiger partial charge >= 0.3 is 5.97 Å². The number of piperidine rings is 1. The molecule has 68 valence electrons. The number of likely N-dealkylation sites (tertiary alicyclic amines) is 1. The normalized spacial score (nSPS) is 24.2. The summed E-state index contributed by atoms with van der Waals surface area (Å²) in [5.41, 5.74) is 0. The first-order chi connectivity index (χ1) is 5.61. The molecule has 12 heavy (non-hydrogen) atoms. The van der Waals surface area contributed by atoms with Gasteiger partial charge in [-0.05, 0) is 12.8 Å². The monoisotopic (exact) mass is 283 g/mol. The van der Waals surface area contributed by atoms with Gasteiger partial charge in [-0.15, -0.1) is 0 Å². The van der Waals surface area contributed by atoms with Crippen molar-refractivity contribution in [1.29, 1.82) is 0 Å². The third kappa shape index (κ3) is 2.33. The number of carbonyl (C=O) groups is 2. The molecule has 5 heteroatoms. The number of rotatable bonds is 2. The molecule has 1 heterocycles. The maximum atomic E-state index is 11.2. The first kappa shape index (κ1) is 9.76. The number of carboxylic acid groups (broad SMARTS) is 1. The highest BCUT2D eigenvalue weighted by atomic mass is 127. The third-order valence-corrected chi connectivity index (χ3v) is 3.09. The van der Waals surface area contributed by atoms with E-state index in [1.165, 1.54) is 4.90 Å². The first-order valence-corrected chi connectivity index (χ1v) is 5.01. The number of halogens is 1. The molecule has 1 aliphatic heterocycles. The molecule has 1 amide bonds. The van der Waals surface area contributed by atoms with Crippen LogP contribution in [0.25, 0.3) is 0 Å². The van der Waals surface area contributed by atoms with E-state index < -0.39 is 5.97 Å². The number of hydrogen-bond acceptors (Lipinski definition) is 2. The minimum Gasteiger partial charge on any atom is -0.480 e. The Labute approximate surface area is 84.1 Å². The number of hydrogen-bond donors (Lipinski definition) is 1. The fourth-order valence-corrected chi connectivity index (χ4v) is 2.16. The summed E-state index contributed by atoms with van der Waals surface area (Å²) >= 11 is 2.11. The summed E-state index contributed by atoms with van der Waals surface area (Å²) in [4.78, 5) is 23.0. The van der Waals surface area contributed by atoms with Gasteiger partial charge < -0.3 is 10.0 Å². The van der Waals surface area contributed by atoms with Crippen molar-refractivity contribution >= 4 is 34.5 Å². The molecule has 1 fully saturated rings. The van der Waals surface area contributed by atoms with E-state index in [1.807, 2.05) is 0 Å². The van der Waals surface area contributed by atoms with Crippen LogP contribution in [0.2, 0.25) is 0 Å². The van der Waals surface area contributed by atoms with Crippen molar-refractivity contribution in [1.82, 2.24) is 4.90 Å². The molecule has 4 nitrogen and oxygen atoms in total. The maximum Gasteiger partial charge on any atom is 0.323 e. The lowest BCUT2D eigenvalue weighted by Gasteiger charge is -2.30. The molecule has 1 N–H and O–H groups in total. The number of carbonyl (C=O) groups excluding carboxylic acids is 1. The molecule has 0 aromatic rings. The van der Waals surface area contributed by atoms with Crippen LogP contribution in [0.15, 0.2) is 0 Å². The zero-order valence-electron chi connectivity index (χ0n) is 6.49. The van der Waals surface area contributed by atoms with Crippen LogP contribution < -0.4 is 0 Å². The molecule has 0 aromatic carbocycles. The lowest BCUT2D eigenvalue weighted by molar-refractivity contribution is -0.145. The fourth-order valence-electron chi connectivity index (χ4n) is 1.21. The van der Waals surface area contributed by atoms with Gasteiger partial charge in [-0.2, -0.15) is 0 Å². The highest BCUT2D eigenvalue weighted by Crippen LogP contribution is 2.22. The summed E-state index contributed by atoms with van der Waals surface area (Å²) in [7, 11) is 0. The van der Waals surface area contributed by atoms with Crippen LogP contribution in [0.3, 0.4) is 0 Å². The van der Waals surface area contributed by atoms with Gasteiger partial charge in [0.15, 0.2) is 0 Å². The number of carboxylic acids is 1. The van der Waals surface area contributed by atoms with Crippen molar-refractivity contribution in [3.05, 3.63) is 0 Å². The molecule has 0 aliphatic carbocycles. The second kappa shape index (κ2) is 4.06. The van der Waals surface area contributed by atoms with E-state index in [9.17, 15) is 9.59 Å². The Morgan fingerprint density at radius 1 is 1.75 bits per heavy atom. The van der Waals surface area contributed by atoms with Crippen LogP contribution in [0, 0.1) is 0 Å². The van der Waals surface area contributed by atoms with Gasteiger partial charge in [0.25, 0.3) is 0 Å².